The second kappa shape index (κ2) is 8.55. The van der Waals surface area contributed by atoms with Gasteiger partial charge in [-0.15, -0.1) is 0 Å². The number of aromatic nitrogens is 1. The van der Waals surface area contributed by atoms with Gasteiger partial charge >= 0.3 is 0 Å². The first-order valence-corrected chi connectivity index (χ1v) is 8.41. The predicted molar refractivity (Wildman–Crippen MR) is 97.7 cm³/mol. The number of nitrogens with one attached hydrogen (secondary N) is 1. The van der Waals surface area contributed by atoms with Gasteiger partial charge < -0.3 is 20.5 Å². The van der Waals surface area contributed by atoms with Crippen LogP contribution in [0.5, 0.6) is 11.5 Å². The van der Waals surface area contributed by atoms with Crippen molar-refractivity contribution in [2.75, 3.05) is 19.5 Å². The van der Waals surface area contributed by atoms with Crippen molar-refractivity contribution in [3.63, 3.8) is 0 Å². The standard InChI is InChI=1S/C17H21N3O2.C2H6/c1-21-12-4-3-11(16(9-12)22-2)10-20-17-14-5-6-15(18)13(14)7-8-19-17;1-2/h3-4,7-9,15H,5-6,10,18H2,1-2H3,(H,19,20);1-2H3/t15-;/m1./s1. The van der Waals surface area contributed by atoms with E-state index in [1.54, 1.807) is 14.2 Å². The molecule has 24 heavy (non-hydrogen) atoms. The minimum absolute atomic E-state index is 0.133. The fourth-order valence-electron chi connectivity index (χ4n) is 2.90. The molecule has 1 aromatic heterocycles. The highest BCUT2D eigenvalue weighted by atomic mass is 16.5. The summed E-state index contributed by atoms with van der Waals surface area (Å²) < 4.78 is 10.6. The number of hydrogen-bond donors (Lipinski definition) is 2. The molecule has 5 heteroatoms. The van der Waals surface area contributed by atoms with Crippen molar-refractivity contribution in [3.05, 3.63) is 47.2 Å². The Bertz CT molecular complexity index is 674. The van der Waals surface area contributed by atoms with Crippen LogP contribution in [0.15, 0.2) is 30.5 Å². The van der Waals surface area contributed by atoms with Crippen LogP contribution in [0.25, 0.3) is 0 Å². The molecule has 0 saturated heterocycles. The third-order valence-electron chi connectivity index (χ3n) is 4.14. The number of nitrogens with two attached hydrogens (primary N) is 1. The lowest BCUT2D eigenvalue weighted by Crippen LogP contribution is -2.08. The highest BCUT2D eigenvalue weighted by Gasteiger charge is 2.22. The molecule has 0 saturated carbocycles. The van der Waals surface area contributed by atoms with Crippen molar-refractivity contribution < 1.29 is 9.47 Å². The molecule has 0 bridgehead atoms. The summed E-state index contributed by atoms with van der Waals surface area (Å²) in [5, 5.41) is 3.41. The first kappa shape index (κ1) is 18.1. The second-order valence-electron chi connectivity index (χ2n) is 5.40. The molecule has 0 fully saturated rings. The summed E-state index contributed by atoms with van der Waals surface area (Å²) in [6.45, 7) is 4.64. The SMILES string of the molecule is CC.COc1ccc(CNc2nccc3c2CC[C@H]3N)c(OC)c1. The van der Waals surface area contributed by atoms with Crippen molar-refractivity contribution in [2.24, 2.45) is 5.73 Å². The molecule has 3 rings (SSSR count). The third-order valence-corrected chi connectivity index (χ3v) is 4.14. The summed E-state index contributed by atoms with van der Waals surface area (Å²) in [6, 6.07) is 7.97. The Hall–Kier alpha value is -2.27. The molecule has 0 spiro atoms. The van der Waals surface area contributed by atoms with Crippen LogP contribution in [-0.2, 0) is 13.0 Å². The molecule has 3 N–H and O–H groups in total. The minimum atomic E-state index is 0.133. The van der Waals surface area contributed by atoms with E-state index in [1.165, 1.54) is 11.1 Å². The molecule has 0 aliphatic heterocycles. The van der Waals surface area contributed by atoms with E-state index in [0.717, 1.165) is 35.7 Å². The molecule has 130 valence electrons. The zero-order valence-corrected chi connectivity index (χ0v) is 14.9. The average molecular weight is 329 g/mol. The number of ether oxygens (including phenoxy) is 2. The van der Waals surface area contributed by atoms with E-state index in [0.29, 0.717) is 6.54 Å². The summed E-state index contributed by atoms with van der Waals surface area (Å²) in [4.78, 5) is 4.46. The van der Waals surface area contributed by atoms with Crippen LogP contribution in [0, 0.1) is 0 Å². The Kier molecular flexibility index (Phi) is 6.44. The molecule has 2 aromatic rings. The molecular weight excluding hydrogens is 302 g/mol. The molecule has 1 aromatic carbocycles. The maximum absolute atomic E-state index is 6.11. The number of pyridine rings is 1. The number of benzene rings is 1. The second-order valence-corrected chi connectivity index (χ2v) is 5.40. The molecular formula is C19H27N3O2. The van der Waals surface area contributed by atoms with Crippen LogP contribution >= 0.6 is 0 Å². The van der Waals surface area contributed by atoms with Crippen LogP contribution in [0.1, 0.15) is 43.0 Å². The van der Waals surface area contributed by atoms with Crippen molar-refractivity contribution in [1.82, 2.24) is 4.98 Å². The van der Waals surface area contributed by atoms with Gasteiger partial charge in [0.1, 0.15) is 17.3 Å². The average Bonchev–Trinajstić information content (AvgIpc) is 3.03. The highest BCUT2D eigenvalue weighted by Crippen LogP contribution is 2.33. The lowest BCUT2D eigenvalue weighted by molar-refractivity contribution is 0.391. The first-order chi connectivity index (χ1) is 11.7. The van der Waals surface area contributed by atoms with Gasteiger partial charge in [0.2, 0.25) is 0 Å². The van der Waals surface area contributed by atoms with E-state index in [-0.39, 0.29) is 6.04 Å². The van der Waals surface area contributed by atoms with Gasteiger partial charge in [0.05, 0.1) is 14.2 Å². The summed E-state index contributed by atoms with van der Waals surface area (Å²) in [6.07, 6.45) is 3.78. The molecule has 0 unspecified atom stereocenters. The zero-order chi connectivity index (χ0) is 17.5. The van der Waals surface area contributed by atoms with Crippen LogP contribution in [0.3, 0.4) is 0 Å². The van der Waals surface area contributed by atoms with Crippen molar-refractivity contribution >= 4 is 5.82 Å². The smallest absolute Gasteiger partial charge is 0.129 e. The van der Waals surface area contributed by atoms with E-state index < -0.39 is 0 Å². The molecule has 0 amide bonds. The first-order valence-electron chi connectivity index (χ1n) is 8.41. The molecule has 0 radical (unpaired) electrons. The lowest BCUT2D eigenvalue weighted by Gasteiger charge is -2.14. The fourth-order valence-corrected chi connectivity index (χ4v) is 2.90. The summed E-state index contributed by atoms with van der Waals surface area (Å²) in [5.41, 5.74) is 9.62. The van der Waals surface area contributed by atoms with Gasteiger partial charge in [0, 0.05) is 30.4 Å². The number of fused-ring (bicyclic) bond motifs is 1. The molecule has 1 atom stereocenters. The Morgan fingerprint density at radius 2 is 2.00 bits per heavy atom. The number of nitrogens with zero attached hydrogens (tertiary/aromatic N) is 1. The van der Waals surface area contributed by atoms with Crippen molar-refractivity contribution in [3.8, 4) is 11.5 Å². The van der Waals surface area contributed by atoms with Gasteiger partial charge in [0.25, 0.3) is 0 Å². The zero-order valence-electron chi connectivity index (χ0n) is 14.9. The number of anilines is 1. The van der Waals surface area contributed by atoms with Crippen LogP contribution in [0.2, 0.25) is 0 Å². The molecule has 1 aliphatic carbocycles. The Labute approximate surface area is 144 Å². The monoisotopic (exact) mass is 329 g/mol. The Morgan fingerprint density at radius 3 is 2.71 bits per heavy atom. The normalized spacial score (nSPS) is 15.1. The summed E-state index contributed by atoms with van der Waals surface area (Å²) >= 11 is 0. The largest absolute Gasteiger partial charge is 0.497 e. The number of methoxy groups -OCH3 is 2. The van der Waals surface area contributed by atoms with E-state index in [4.69, 9.17) is 15.2 Å². The number of rotatable bonds is 5. The maximum Gasteiger partial charge on any atom is 0.129 e. The van der Waals surface area contributed by atoms with Gasteiger partial charge in [-0.25, -0.2) is 4.98 Å². The summed E-state index contributed by atoms with van der Waals surface area (Å²) in [5.74, 6) is 2.50. The van der Waals surface area contributed by atoms with Crippen molar-refractivity contribution in [1.29, 1.82) is 0 Å². The third kappa shape index (κ3) is 3.79. The highest BCUT2D eigenvalue weighted by molar-refractivity contribution is 5.53. The molecule has 1 heterocycles. The van der Waals surface area contributed by atoms with Gasteiger partial charge in [-0.2, -0.15) is 0 Å². The van der Waals surface area contributed by atoms with Gasteiger partial charge in [-0.05, 0) is 42.2 Å². The van der Waals surface area contributed by atoms with E-state index in [9.17, 15) is 0 Å². The van der Waals surface area contributed by atoms with Gasteiger partial charge in [-0.3, -0.25) is 0 Å². The van der Waals surface area contributed by atoms with E-state index >= 15 is 0 Å². The summed E-state index contributed by atoms with van der Waals surface area (Å²) in [7, 11) is 3.31. The van der Waals surface area contributed by atoms with Gasteiger partial charge in [0.15, 0.2) is 0 Å². The molecule has 1 aliphatic rings. The van der Waals surface area contributed by atoms with E-state index in [1.807, 2.05) is 44.3 Å². The minimum Gasteiger partial charge on any atom is -0.497 e. The van der Waals surface area contributed by atoms with Crippen molar-refractivity contribution in [2.45, 2.75) is 39.3 Å². The van der Waals surface area contributed by atoms with E-state index in [2.05, 4.69) is 10.3 Å². The molecule has 5 nitrogen and oxygen atoms in total. The maximum atomic E-state index is 6.11. The lowest BCUT2D eigenvalue weighted by atomic mass is 10.1. The predicted octanol–water partition coefficient (Wildman–Crippen LogP) is 3.68. The topological polar surface area (TPSA) is 69.4 Å². The quantitative estimate of drug-likeness (QED) is 0.875. The van der Waals surface area contributed by atoms with Crippen LogP contribution in [-0.4, -0.2) is 19.2 Å². The van der Waals surface area contributed by atoms with Crippen LogP contribution < -0.4 is 20.5 Å². The van der Waals surface area contributed by atoms with Crippen LogP contribution in [0.4, 0.5) is 5.82 Å². The number of hydrogen-bond acceptors (Lipinski definition) is 5. The Morgan fingerprint density at radius 1 is 1.21 bits per heavy atom. The Balaban J connectivity index is 0.00000100. The fraction of sp³-hybridized carbons (Fsp3) is 0.421. The van der Waals surface area contributed by atoms with Gasteiger partial charge in [-0.1, -0.05) is 13.8 Å².